The number of aromatic nitrogens is 1. The molecule has 1 N–H and O–H groups in total. The number of ether oxygens (including phenoxy) is 1. The highest BCUT2D eigenvalue weighted by atomic mass is 32.2. The van der Waals surface area contributed by atoms with Gasteiger partial charge in [-0.15, -0.1) is 11.3 Å². The Balaban J connectivity index is 1.46. The van der Waals surface area contributed by atoms with Crippen molar-refractivity contribution in [3.8, 4) is 0 Å². The number of rotatable bonds is 7. The molecule has 2 aliphatic rings. The van der Waals surface area contributed by atoms with Gasteiger partial charge < -0.3 is 4.74 Å². The van der Waals surface area contributed by atoms with Gasteiger partial charge in [0.15, 0.2) is 0 Å². The molecule has 0 radical (unpaired) electrons. The lowest BCUT2D eigenvalue weighted by atomic mass is 10.1. The molecular formula is C14H22N2O3S2. The van der Waals surface area contributed by atoms with E-state index in [0.717, 1.165) is 17.8 Å². The van der Waals surface area contributed by atoms with Crippen LogP contribution in [0.4, 0.5) is 0 Å². The molecule has 3 unspecified atom stereocenters. The van der Waals surface area contributed by atoms with Crippen molar-refractivity contribution in [2.24, 2.45) is 5.92 Å². The van der Waals surface area contributed by atoms with Crippen molar-refractivity contribution in [2.45, 2.75) is 50.7 Å². The second kappa shape index (κ2) is 6.32. The second-order valence-corrected chi connectivity index (χ2v) is 8.89. The zero-order valence-corrected chi connectivity index (χ0v) is 13.8. The molecule has 2 fully saturated rings. The minimum absolute atomic E-state index is 0.0841. The Kier molecular flexibility index (Phi) is 4.63. The Morgan fingerprint density at radius 3 is 2.90 bits per heavy atom. The van der Waals surface area contributed by atoms with Gasteiger partial charge >= 0.3 is 0 Å². The molecule has 0 amide bonds. The predicted molar refractivity (Wildman–Crippen MR) is 82.9 cm³/mol. The Hall–Kier alpha value is -0.500. The van der Waals surface area contributed by atoms with Crippen molar-refractivity contribution in [2.75, 3.05) is 12.3 Å². The minimum Gasteiger partial charge on any atom is -0.374 e. The molecule has 0 aromatic carbocycles. The first-order valence-electron chi connectivity index (χ1n) is 7.55. The number of hydrogen-bond acceptors (Lipinski definition) is 5. The van der Waals surface area contributed by atoms with Gasteiger partial charge in [-0.1, -0.05) is 6.92 Å². The molecular weight excluding hydrogens is 308 g/mol. The Labute approximate surface area is 130 Å². The molecule has 1 aliphatic carbocycles. The molecule has 0 spiro atoms. The first-order chi connectivity index (χ1) is 10.0. The van der Waals surface area contributed by atoms with Crippen molar-refractivity contribution >= 4 is 21.4 Å². The van der Waals surface area contributed by atoms with E-state index in [1.807, 2.05) is 12.3 Å². The maximum absolute atomic E-state index is 12.1. The summed E-state index contributed by atoms with van der Waals surface area (Å²) < 4.78 is 32.9. The molecule has 1 saturated heterocycles. The van der Waals surface area contributed by atoms with Crippen LogP contribution >= 0.6 is 11.3 Å². The van der Waals surface area contributed by atoms with E-state index in [-0.39, 0.29) is 17.8 Å². The summed E-state index contributed by atoms with van der Waals surface area (Å²) in [5, 5.41) is 2.87. The van der Waals surface area contributed by atoms with Crippen molar-refractivity contribution in [1.82, 2.24) is 9.71 Å². The number of sulfonamides is 1. The Morgan fingerprint density at radius 1 is 1.43 bits per heavy atom. The molecule has 1 aliphatic heterocycles. The number of thiazole rings is 1. The quantitative estimate of drug-likeness (QED) is 0.831. The maximum atomic E-state index is 12.1. The van der Waals surface area contributed by atoms with Crippen molar-refractivity contribution in [3.63, 3.8) is 0 Å². The van der Waals surface area contributed by atoms with E-state index in [9.17, 15) is 8.42 Å². The summed E-state index contributed by atoms with van der Waals surface area (Å²) in [5.41, 5.74) is 0. The molecule has 1 aromatic rings. The number of nitrogens with zero attached hydrogens (tertiary/aromatic N) is 1. The molecule has 3 atom stereocenters. The molecule has 1 saturated carbocycles. The number of hydrogen-bond donors (Lipinski definition) is 1. The van der Waals surface area contributed by atoms with E-state index >= 15 is 0 Å². The van der Waals surface area contributed by atoms with Crippen LogP contribution in [0.1, 0.15) is 43.5 Å². The summed E-state index contributed by atoms with van der Waals surface area (Å²) in [6, 6.07) is 0. The highest BCUT2D eigenvalue weighted by molar-refractivity contribution is 7.89. The van der Waals surface area contributed by atoms with Gasteiger partial charge in [0.05, 0.1) is 23.0 Å². The minimum atomic E-state index is -3.28. The van der Waals surface area contributed by atoms with Gasteiger partial charge in [-0.25, -0.2) is 18.1 Å². The highest BCUT2D eigenvalue weighted by Crippen LogP contribution is 2.40. The molecule has 0 bridgehead atoms. The molecule has 3 rings (SSSR count). The first-order valence-corrected chi connectivity index (χ1v) is 10.1. The van der Waals surface area contributed by atoms with E-state index in [1.54, 1.807) is 17.5 Å². The second-order valence-electron chi connectivity index (χ2n) is 6.11. The highest BCUT2D eigenvalue weighted by Gasteiger charge is 2.38. The summed E-state index contributed by atoms with van der Waals surface area (Å²) in [6.07, 6.45) is 6.28. The van der Waals surface area contributed by atoms with Gasteiger partial charge in [0.1, 0.15) is 0 Å². The Bertz CT molecular complexity index is 555. The maximum Gasteiger partial charge on any atom is 0.214 e. The van der Waals surface area contributed by atoms with E-state index in [4.69, 9.17) is 4.74 Å². The van der Waals surface area contributed by atoms with E-state index in [1.165, 1.54) is 12.8 Å². The van der Waals surface area contributed by atoms with Crippen LogP contribution in [0.3, 0.4) is 0 Å². The lowest BCUT2D eigenvalue weighted by molar-refractivity contribution is 0.0444. The topological polar surface area (TPSA) is 68.3 Å². The third-order valence-corrected chi connectivity index (χ3v) is 6.60. The summed E-state index contributed by atoms with van der Waals surface area (Å²) in [4.78, 5) is 4.22. The molecule has 7 heteroatoms. The van der Waals surface area contributed by atoms with Gasteiger partial charge in [-0.2, -0.15) is 0 Å². The smallest absolute Gasteiger partial charge is 0.214 e. The van der Waals surface area contributed by atoms with Crippen molar-refractivity contribution in [3.05, 3.63) is 16.6 Å². The fraction of sp³-hybridized carbons (Fsp3) is 0.786. The number of nitrogens with one attached hydrogen (secondary N) is 1. The van der Waals surface area contributed by atoms with Gasteiger partial charge in [0, 0.05) is 24.0 Å². The zero-order valence-electron chi connectivity index (χ0n) is 12.2. The largest absolute Gasteiger partial charge is 0.374 e. The molecule has 21 heavy (non-hydrogen) atoms. The fourth-order valence-corrected chi connectivity index (χ4v) is 4.85. The van der Waals surface area contributed by atoms with Gasteiger partial charge in [-0.3, -0.25) is 0 Å². The first kappa shape index (κ1) is 15.4. The average Bonchev–Trinajstić information content (AvgIpc) is 2.96. The summed E-state index contributed by atoms with van der Waals surface area (Å²) in [7, 11) is -3.28. The van der Waals surface area contributed by atoms with E-state index in [0.29, 0.717) is 18.6 Å². The fourth-order valence-electron chi connectivity index (χ4n) is 2.79. The van der Waals surface area contributed by atoms with Crippen LogP contribution in [0, 0.1) is 5.92 Å². The van der Waals surface area contributed by atoms with Crippen LogP contribution in [0.2, 0.25) is 0 Å². The van der Waals surface area contributed by atoms with Crippen LogP contribution in [-0.4, -0.2) is 37.9 Å². The SMILES string of the molecule is CC(CNS(=O)(=O)CC1CCC(C2CC2)O1)c1nccs1. The lowest BCUT2D eigenvalue weighted by Gasteiger charge is -2.15. The van der Waals surface area contributed by atoms with Crippen molar-refractivity contribution < 1.29 is 13.2 Å². The third-order valence-electron chi connectivity index (χ3n) is 4.18. The standard InChI is InChI=1S/C14H22N2O3S2/c1-10(14-15-6-7-20-14)8-16-21(17,18)9-12-4-5-13(19-12)11-2-3-11/h6-7,10-13,16H,2-5,8-9H2,1H3. The van der Waals surface area contributed by atoms with Gasteiger partial charge in [0.2, 0.25) is 10.0 Å². The molecule has 2 heterocycles. The van der Waals surface area contributed by atoms with E-state index in [2.05, 4.69) is 9.71 Å². The van der Waals surface area contributed by atoms with Gasteiger partial charge in [-0.05, 0) is 31.6 Å². The lowest BCUT2D eigenvalue weighted by Crippen LogP contribution is -2.34. The van der Waals surface area contributed by atoms with Crippen LogP contribution in [-0.2, 0) is 14.8 Å². The molecule has 118 valence electrons. The van der Waals surface area contributed by atoms with E-state index < -0.39 is 10.0 Å². The van der Waals surface area contributed by atoms with Crippen LogP contribution < -0.4 is 4.72 Å². The Morgan fingerprint density at radius 2 is 2.24 bits per heavy atom. The monoisotopic (exact) mass is 330 g/mol. The van der Waals surface area contributed by atoms with Crippen LogP contribution in [0.5, 0.6) is 0 Å². The molecule has 5 nitrogen and oxygen atoms in total. The van der Waals surface area contributed by atoms with Crippen molar-refractivity contribution in [1.29, 1.82) is 0 Å². The van der Waals surface area contributed by atoms with Crippen LogP contribution in [0.15, 0.2) is 11.6 Å². The van der Waals surface area contributed by atoms with Gasteiger partial charge in [0.25, 0.3) is 0 Å². The zero-order chi connectivity index (χ0) is 14.9. The molecule has 1 aromatic heterocycles. The predicted octanol–water partition coefficient (Wildman–Crippen LogP) is 2.12. The summed E-state index contributed by atoms with van der Waals surface area (Å²) in [5.74, 6) is 0.875. The normalized spacial score (nSPS) is 27.9. The van der Waals surface area contributed by atoms with Crippen LogP contribution in [0.25, 0.3) is 0 Å². The summed E-state index contributed by atoms with van der Waals surface area (Å²) >= 11 is 1.55. The third kappa shape index (κ3) is 4.25. The summed E-state index contributed by atoms with van der Waals surface area (Å²) in [6.45, 7) is 2.38. The average molecular weight is 330 g/mol.